The van der Waals surface area contributed by atoms with Gasteiger partial charge in [0.15, 0.2) is 0 Å². The van der Waals surface area contributed by atoms with Crippen molar-refractivity contribution in [3.63, 3.8) is 0 Å². The average Bonchev–Trinajstić information content (AvgIpc) is 1.25. The first-order valence-corrected chi connectivity index (χ1v) is 3.29. The van der Waals surface area contributed by atoms with Crippen molar-refractivity contribution in [1.82, 2.24) is 0 Å². The molecule has 0 aliphatic heterocycles. The maximum Gasteiger partial charge on any atom is 2.00 e. The van der Waals surface area contributed by atoms with Crippen molar-refractivity contribution < 1.29 is 29.4 Å². The Morgan fingerprint density at radius 2 is 0.429 bits per heavy atom. The largest absolute Gasteiger partial charge is 2.00 e. The van der Waals surface area contributed by atoms with Gasteiger partial charge in [-0.1, -0.05) is 0 Å². The van der Waals surface area contributed by atoms with E-state index in [9.17, 15) is 0 Å². The van der Waals surface area contributed by atoms with Crippen LogP contribution in [-0.2, 0) is 0 Å². The monoisotopic (exact) mass is 356 g/mol. The maximum atomic E-state index is 8.48. The quantitative estimate of drug-likeness (QED) is 0.312. The van der Waals surface area contributed by atoms with Crippen molar-refractivity contribution in [2.75, 3.05) is 0 Å². The molecule has 0 aromatic rings. The molecule has 14 heteroatoms. The van der Waals surface area contributed by atoms with E-state index >= 15 is 0 Å². The molecule has 0 unspecified atom stereocenters. The Morgan fingerprint density at radius 1 is 0.429 bits per heavy atom. The average molecular weight is 357 g/mol. The van der Waals surface area contributed by atoms with E-state index in [0.29, 0.717) is 0 Å². The Bertz CT molecular complexity index is 41.8. The van der Waals surface area contributed by atoms with Crippen molar-refractivity contribution in [2.24, 2.45) is 0 Å². The van der Waals surface area contributed by atoms with Gasteiger partial charge in [-0.2, -0.15) is 0 Å². The van der Waals surface area contributed by atoms with Gasteiger partial charge in [0.2, 0.25) is 0 Å². The van der Waals surface area contributed by atoms with Crippen LogP contribution in [0.25, 0.3) is 0 Å². The molecule has 0 rings (SSSR count). The molecular formula is H6Ca3Mg3O6P2. The zero-order valence-electron chi connectivity index (χ0n) is 5.47. The molecule has 0 radical (unpaired) electrons. The van der Waals surface area contributed by atoms with E-state index in [4.69, 9.17) is 29.4 Å². The van der Waals surface area contributed by atoms with Crippen LogP contribution in [0.2, 0.25) is 0 Å². The zero-order valence-corrected chi connectivity index (χ0v) is 13.9. The molecule has 0 aromatic heterocycles. The second kappa shape index (κ2) is 42.7. The van der Waals surface area contributed by atoms with Crippen molar-refractivity contribution >= 4 is 200 Å². The van der Waals surface area contributed by atoms with Gasteiger partial charge >= 0.3 is 182 Å². The van der Waals surface area contributed by atoms with Gasteiger partial charge in [0.05, 0.1) is 0 Å². The van der Waals surface area contributed by atoms with Gasteiger partial charge in [-0.15, -0.1) is 0 Å². The Labute approximate surface area is 223 Å². The van der Waals surface area contributed by atoms with Gasteiger partial charge in [-0.05, 0) is 0 Å². The first kappa shape index (κ1) is 49.8. The number of hydrogen-bond acceptors (Lipinski definition) is 6. The smallest absolute Gasteiger partial charge is 0.854 e. The Balaban J connectivity index is -0.00000000600. The van der Waals surface area contributed by atoms with Crippen LogP contribution in [0.15, 0.2) is 0 Å². The van der Waals surface area contributed by atoms with Gasteiger partial charge < -0.3 is 46.6 Å². The number of rotatable bonds is 0. The van der Waals surface area contributed by atoms with Crippen LogP contribution in [0.1, 0.15) is 0 Å². The summed E-state index contributed by atoms with van der Waals surface area (Å²) < 4.78 is 0. The summed E-state index contributed by atoms with van der Waals surface area (Å²) in [6, 6.07) is 0. The van der Waals surface area contributed by atoms with E-state index in [1.54, 1.807) is 0 Å². The summed E-state index contributed by atoms with van der Waals surface area (Å²) >= 11 is 0. The third-order valence-corrected chi connectivity index (χ3v) is 0. The third-order valence-electron chi connectivity index (χ3n) is 0. The molecule has 0 heterocycles. The summed E-state index contributed by atoms with van der Waals surface area (Å²) in [6.07, 6.45) is 0. The molecule has 6 nitrogen and oxygen atoms in total. The zero-order chi connectivity index (χ0) is 7.15. The molecule has 0 N–H and O–H groups in total. The van der Waals surface area contributed by atoms with Crippen LogP contribution in [0, 0.1) is 0 Å². The van der Waals surface area contributed by atoms with Gasteiger partial charge in [-0.3, -0.25) is 0 Å². The van der Waals surface area contributed by atoms with E-state index in [-0.39, 0.29) is 182 Å². The molecule has 0 bridgehead atoms. The maximum absolute atomic E-state index is 8.48. The molecule has 14 heavy (non-hydrogen) atoms. The standard InChI is InChI=1S/3Ca.3Mg.2O3P.6H/c;;;;;;2*1-4(2)3;;;;;;/q3*+2;;;;2*-3;;;;;;. The van der Waals surface area contributed by atoms with E-state index in [2.05, 4.69) is 0 Å². The fourth-order valence-corrected chi connectivity index (χ4v) is 0. The first-order valence-electron chi connectivity index (χ1n) is 1.10. The van der Waals surface area contributed by atoms with Gasteiger partial charge in [0.25, 0.3) is 0 Å². The molecule has 0 aromatic carbocycles. The molecule has 0 saturated heterocycles. The minimum atomic E-state index is -3.37. The van der Waals surface area contributed by atoms with Crippen molar-refractivity contribution in [2.45, 2.75) is 0 Å². The molecule has 64 valence electrons. The van der Waals surface area contributed by atoms with Crippen LogP contribution >= 0.6 is 17.2 Å². The van der Waals surface area contributed by atoms with Crippen LogP contribution in [0.3, 0.4) is 0 Å². The minimum Gasteiger partial charge on any atom is -0.854 e. The third kappa shape index (κ3) is 131. The summed E-state index contributed by atoms with van der Waals surface area (Å²) in [4.78, 5) is 50.9. The van der Waals surface area contributed by atoms with Crippen LogP contribution in [-0.4, -0.2) is 182 Å². The molecular weight excluding hydrogens is 351 g/mol. The molecule has 0 aliphatic carbocycles. The summed E-state index contributed by atoms with van der Waals surface area (Å²) in [5.74, 6) is 0. The van der Waals surface area contributed by atoms with E-state index in [0.717, 1.165) is 0 Å². The molecule has 0 saturated carbocycles. The van der Waals surface area contributed by atoms with Gasteiger partial charge in [-0.25, -0.2) is 0 Å². The topological polar surface area (TPSA) is 138 Å². The normalized spacial score (nSPS) is 5.14. The van der Waals surface area contributed by atoms with Crippen molar-refractivity contribution in [3.05, 3.63) is 0 Å². The Kier molecular flexibility index (Phi) is 152. The molecule has 0 atom stereocenters. The minimum absolute atomic E-state index is 0. The summed E-state index contributed by atoms with van der Waals surface area (Å²) in [6.45, 7) is 0. The summed E-state index contributed by atoms with van der Waals surface area (Å²) in [5.41, 5.74) is 0. The molecule has 0 aliphatic rings. The first-order chi connectivity index (χ1) is 3.46. The predicted molar refractivity (Wildman–Crippen MR) is 56.7 cm³/mol. The van der Waals surface area contributed by atoms with E-state index < -0.39 is 17.2 Å². The van der Waals surface area contributed by atoms with E-state index in [1.807, 2.05) is 0 Å². The molecule has 0 fully saturated rings. The van der Waals surface area contributed by atoms with E-state index in [1.165, 1.54) is 0 Å². The predicted octanol–water partition coefficient (Wildman–Crippen LogP) is -9.30. The SMILES string of the molecule is [Ca+2].[Ca+2].[Ca+2].[MgH2].[MgH2].[MgH2].[O-]P([O-])[O-].[O-]P([O-])[O-]. The van der Waals surface area contributed by atoms with Crippen LogP contribution < -0.4 is 29.4 Å². The van der Waals surface area contributed by atoms with Gasteiger partial charge in [0.1, 0.15) is 0 Å². The second-order valence-corrected chi connectivity index (χ2v) is 1.34. The summed E-state index contributed by atoms with van der Waals surface area (Å²) in [7, 11) is -6.74. The van der Waals surface area contributed by atoms with Gasteiger partial charge in [0, 0.05) is 0 Å². The summed E-state index contributed by atoms with van der Waals surface area (Å²) in [5, 5.41) is 0. The van der Waals surface area contributed by atoms with Crippen molar-refractivity contribution in [3.8, 4) is 0 Å². The number of hydrogen-bond donors (Lipinski definition) is 0. The molecule has 0 spiro atoms. The molecule has 0 amide bonds. The fourth-order valence-electron chi connectivity index (χ4n) is 0. The van der Waals surface area contributed by atoms with Crippen molar-refractivity contribution in [1.29, 1.82) is 0 Å². The van der Waals surface area contributed by atoms with Crippen LogP contribution in [0.5, 0.6) is 0 Å². The Morgan fingerprint density at radius 3 is 0.429 bits per heavy atom. The van der Waals surface area contributed by atoms with Crippen LogP contribution in [0.4, 0.5) is 0 Å². The fraction of sp³-hybridized carbons (Fsp3) is 0. The Hall–Kier alpha value is 6.70. The second-order valence-electron chi connectivity index (χ2n) is 0.447.